The number of piperidine rings is 1. The maximum absolute atomic E-state index is 13.1. The average molecular weight is 407 g/mol. The molecule has 4 rings (SSSR count). The van der Waals surface area contributed by atoms with Crippen LogP contribution < -0.4 is 0 Å². The Morgan fingerprint density at radius 1 is 0.867 bits per heavy atom. The van der Waals surface area contributed by atoms with Gasteiger partial charge in [-0.15, -0.1) is 0 Å². The first-order valence-electron chi connectivity index (χ1n) is 11.6. The van der Waals surface area contributed by atoms with Crippen LogP contribution >= 0.6 is 0 Å². The molecule has 2 heterocycles. The molecule has 0 spiro atoms. The summed E-state index contributed by atoms with van der Waals surface area (Å²) in [5.41, 5.74) is 2.70. The third-order valence-corrected chi connectivity index (χ3v) is 6.66. The van der Waals surface area contributed by atoms with Gasteiger partial charge in [0.2, 0.25) is 0 Å². The number of benzene rings is 2. The molecule has 4 heteroatoms. The maximum atomic E-state index is 13.1. The molecule has 2 aliphatic rings. The fraction of sp³-hybridized carbons (Fsp3) is 0.500. The lowest BCUT2D eigenvalue weighted by molar-refractivity contribution is 0.0665. The van der Waals surface area contributed by atoms with Gasteiger partial charge in [-0.1, -0.05) is 49.2 Å². The minimum absolute atomic E-state index is 0.0318. The van der Waals surface area contributed by atoms with E-state index in [0.717, 1.165) is 37.9 Å². The Bertz CT molecular complexity index is 820. The van der Waals surface area contributed by atoms with Crippen LogP contribution in [0.4, 0.5) is 0 Å². The quantitative estimate of drug-likeness (QED) is 0.782. The van der Waals surface area contributed by atoms with E-state index in [-0.39, 0.29) is 11.7 Å². The highest BCUT2D eigenvalue weighted by Crippen LogP contribution is 2.26. The highest BCUT2D eigenvalue weighted by Gasteiger charge is 2.26. The fourth-order valence-electron chi connectivity index (χ4n) is 4.87. The van der Waals surface area contributed by atoms with Crippen molar-refractivity contribution in [3.63, 3.8) is 0 Å². The minimum atomic E-state index is -0.0318. The van der Waals surface area contributed by atoms with E-state index in [1.807, 2.05) is 35.2 Å². The number of phenolic OH excluding ortho intramolecular Hbond substituents is 1. The van der Waals surface area contributed by atoms with Gasteiger partial charge in [-0.05, 0) is 74.4 Å². The smallest absolute Gasteiger partial charge is 0.257 e. The molecule has 0 radical (unpaired) electrons. The van der Waals surface area contributed by atoms with Crippen molar-refractivity contribution in [1.82, 2.24) is 9.80 Å². The third kappa shape index (κ3) is 5.42. The minimum Gasteiger partial charge on any atom is -0.507 e. The van der Waals surface area contributed by atoms with E-state index in [1.165, 1.54) is 50.9 Å². The highest BCUT2D eigenvalue weighted by molar-refractivity contribution is 5.97. The van der Waals surface area contributed by atoms with Gasteiger partial charge < -0.3 is 14.9 Å². The van der Waals surface area contributed by atoms with Gasteiger partial charge in [0, 0.05) is 19.6 Å². The van der Waals surface area contributed by atoms with E-state index in [2.05, 4.69) is 17.0 Å². The molecule has 0 aromatic heterocycles. The number of nitrogens with zero attached hydrogens (tertiary/aromatic N) is 2. The van der Waals surface area contributed by atoms with Gasteiger partial charge in [0.15, 0.2) is 0 Å². The average Bonchev–Trinajstić information content (AvgIpc) is 3.05. The van der Waals surface area contributed by atoms with Crippen LogP contribution in [0.3, 0.4) is 0 Å². The van der Waals surface area contributed by atoms with Crippen LogP contribution in [0.25, 0.3) is 0 Å². The Balaban J connectivity index is 1.35. The van der Waals surface area contributed by atoms with Crippen LogP contribution in [0, 0.1) is 5.92 Å². The molecule has 0 atom stereocenters. The highest BCUT2D eigenvalue weighted by atomic mass is 16.3. The van der Waals surface area contributed by atoms with E-state index in [1.54, 1.807) is 6.07 Å². The predicted molar refractivity (Wildman–Crippen MR) is 121 cm³/mol. The zero-order valence-electron chi connectivity index (χ0n) is 17.9. The van der Waals surface area contributed by atoms with E-state index in [9.17, 15) is 9.90 Å². The van der Waals surface area contributed by atoms with Crippen LogP contribution in [0.1, 0.15) is 60.0 Å². The second kappa shape index (κ2) is 10.1. The first kappa shape index (κ1) is 20.9. The van der Waals surface area contributed by atoms with Crippen molar-refractivity contribution < 1.29 is 9.90 Å². The molecule has 2 saturated heterocycles. The maximum Gasteiger partial charge on any atom is 0.257 e. The molecule has 0 bridgehead atoms. The predicted octanol–water partition coefficient (Wildman–Crippen LogP) is 4.71. The Labute approximate surface area is 180 Å². The van der Waals surface area contributed by atoms with Crippen LogP contribution in [0.15, 0.2) is 48.5 Å². The SMILES string of the molecule is O=C(c1cc(Cc2ccccc2)ccc1O)N1CCC(CN2CCCCCC2)CC1. The second-order valence-electron chi connectivity index (χ2n) is 8.96. The van der Waals surface area contributed by atoms with Crippen molar-refractivity contribution in [3.05, 3.63) is 65.2 Å². The van der Waals surface area contributed by atoms with Crippen molar-refractivity contribution >= 4 is 5.91 Å². The molecule has 2 aliphatic heterocycles. The van der Waals surface area contributed by atoms with Gasteiger partial charge in [0.1, 0.15) is 5.75 Å². The van der Waals surface area contributed by atoms with Crippen molar-refractivity contribution in [3.8, 4) is 5.75 Å². The van der Waals surface area contributed by atoms with Crippen LogP contribution in [0.5, 0.6) is 5.75 Å². The summed E-state index contributed by atoms with van der Waals surface area (Å²) >= 11 is 0. The van der Waals surface area contributed by atoms with Gasteiger partial charge in [-0.3, -0.25) is 4.79 Å². The lowest BCUT2D eigenvalue weighted by Gasteiger charge is -2.34. The number of carbonyl (C=O) groups is 1. The molecule has 160 valence electrons. The van der Waals surface area contributed by atoms with Gasteiger partial charge in [-0.2, -0.15) is 0 Å². The molecule has 2 aromatic rings. The summed E-state index contributed by atoms with van der Waals surface area (Å²) in [6, 6.07) is 15.7. The van der Waals surface area contributed by atoms with Crippen molar-refractivity contribution in [2.45, 2.75) is 44.9 Å². The van der Waals surface area contributed by atoms with Gasteiger partial charge in [0.05, 0.1) is 5.56 Å². The lowest BCUT2D eigenvalue weighted by atomic mass is 9.95. The van der Waals surface area contributed by atoms with E-state index in [4.69, 9.17) is 0 Å². The summed E-state index contributed by atoms with van der Waals surface area (Å²) in [4.78, 5) is 17.7. The standard InChI is InChI=1S/C26H34N2O2/c29-25-11-10-23(18-21-8-4-3-5-9-21)19-24(25)26(30)28-16-12-22(13-17-28)20-27-14-6-1-2-7-15-27/h3-5,8-11,19,22,29H,1-2,6-7,12-18,20H2. The summed E-state index contributed by atoms with van der Waals surface area (Å²) in [5, 5.41) is 10.3. The molecule has 30 heavy (non-hydrogen) atoms. The molecule has 0 aliphatic carbocycles. The van der Waals surface area contributed by atoms with Gasteiger partial charge in [-0.25, -0.2) is 0 Å². The second-order valence-corrected chi connectivity index (χ2v) is 8.96. The first-order chi connectivity index (χ1) is 14.7. The third-order valence-electron chi connectivity index (χ3n) is 6.66. The number of hydrogen-bond acceptors (Lipinski definition) is 3. The first-order valence-corrected chi connectivity index (χ1v) is 11.6. The van der Waals surface area contributed by atoms with E-state index >= 15 is 0 Å². The number of carbonyl (C=O) groups excluding carboxylic acids is 1. The van der Waals surface area contributed by atoms with E-state index < -0.39 is 0 Å². The monoisotopic (exact) mass is 406 g/mol. The Morgan fingerprint density at radius 3 is 2.27 bits per heavy atom. The molecule has 0 saturated carbocycles. The molecule has 2 aromatic carbocycles. The summed E-state index contributed by atoms with van der Waals surface area (Å²) in [6.45, 7) is 5.24. The lowest BCUT2D eigenvalue weighted by Crippen LogP contribution is -2.41. The Morgan fingerprint density at radius 2 is 1.57 bits per heavy atom. The molecule has 0 unspecified atom stereocenters. The largest absolute Gasteiger partial charge is 0.507 e. The topological polar surface area (TPSA) is 43.8 Å². The molecular weight excluding hydrogens is 372 g/mol. The van der Waals surface area contributed by atoms with Crippen molar-refractivity contribution in [2.75, 3.05) is 32.7 Å². The molecule has 1 N–H and O–H groups in total. The molecule has 1 amide bonds. The number of amides is 1. The fourth-order valence-corrected chi connectivity index (χ4v) is 4.87. The zero-order valence-corrected chi connectivity index (χ0v) is 17.9. The number of aromatic hydroxyl groups is 1. The number of phenols is 1. The van der Waals surface area contributed by atoms with Gasteiger partial charge >= 0.3 is 0 Å². The van der Waals surface area contributed by atoms with Gasteiger partial charge in [0.25, 0.3) is 5.91 Å². The van der Waals surface area contributed by atoms with Crippen LogP contribution in [-0.2, 0) is 6.42 Å². The number of likely N-dealkylation sites (tertiary alicyclic amines) is 2. The zero-order chi connectivity index (χ0) is 20.8. The number of rotatable bonds is 5. The summed E-state index contributed by atoms with van der Waals surface area (Å²) in [5.74, 6) is 0.740. The summed E-state index contributed by atoms with van der Waals surface area (Å²) in [7, 11) is 0. The summed E-state index contributed by atoms with van der Waals surface area (Å²) in [6.07, 6.45) is 8.29. The van der Waals surface area contributed by atoms with Crippen LogP contribution in [-0.4, -0.2) is 53.5 Å². The molecule has 2 fully saturated rings. The van der Waals surface area contributed by atoms with E-state index in [0.29, 0.717) is 11.5 Å². The Kier molecular flexibility index (Phi) is 7.06. The molecular formula is C26H34N2O2. The summed E-state index contributed by atoms with van der Waals surface area (Å²) < 4.78 is 0. The van der Waals surface area contributed by atoms with Crippen molar-refractivity contribution in [2.24, 2.45) is 5.92 Å². The number of hydrogen-bond donors (Lipinski definition) is 1. The van der Waals surface area contributed by atoms with Crippen molar-refractivity contribution in [1.29, 1.82) is 0 Å². The molecule has 4 nitrogen and oxygen atoms in total. The Hall–Kier alpha value is -2.33. The van der Waals surface area contributed by atoms with Crippen LogP contribution in [0.2, 0.25) is 0 Å². The normalized spacial score (nSPS) is 18.9.